The highest BCUT2D eigenvalue weighted by Crippen LogP contribution is 2.37. The number of benzene rings is 1. The van der Waals surface area contributed by atoms with Gasteiger partial charge in [0.15, 0.2) is 5.78 Å². The summed E-state index contributed by atoms with van der Waals surface area (Å²) < 4.78 is 0. The number of carbonyl (C=O) groups excluding carboxylic acids is 2. The van der Waals surface area contributed by atoms with Gasteiger partial charge in [0.1, 0.15) is 17.1 Å². The van der Waals surface area contributed by atoms with Gasteiger partial charge in [-0.15, -0.1) is 11.3 Å². The van der Waals surface area contributed by atoms with Gasteiger partial charge >= 0.3 is 0 Å². The van der Waals surface area contributed by atoms with Crippen molar-refractivity contribution in [3.8, 4) is 6.07 Å². The van der Waals surface area contributed by atoms with Crippen molar-refractivity contribution in [2.75, 3.05) is 10.6 Å². The van der Waals surface area contributed by atoms with Crippen molar-refractivity contribution in [3.05, 3.63) is 45.8 Å². The van der Waals surface area contributed by atoms with Gasteiger partial charge in [0.2, 0.25) is 5.91 Å². The van der Waals surface area contributed by atoms with E-state index in [1.807, 2.05) is 6.07 Å². The number of anilines is 2. The number of carbonyl (C=O) groups is 2. The van der Waals surface area contributed by atoms with Gasteiger partial charge in [0.25, 0.3) is 0 Å². The van der Waals surface area contributed by atoms with Gasteiger partial charge in [-0.3, -0.25) is 9.59 Å². The van der Waals surface area contributed by atoms with Crippen molar-refractivity contribution in [2.45, 2.75) is 52.0 Å². The molecule has 27 heavy (non-hydrogen) atoms. The largest absolute Gasteiger partial charge is 0.374 e. The molecule has 1 heterocycles. The molecule has 0 fully saturated rings. The lowest BCUT2D eigenvalue weighted by Gasteiger charge is -2.15. The van der Waals surface area contributed by atoms with Crippen LogP contribution in [0.3, 0.4) is 0 Å². The van der Waals surface area contributed by atoms with Crippen molar-refractivity contribution < 1.29 is 9.59 Å². The van der Waals surface area contributed by atoms with Crippen molar-refractivity contribution in [1.82, 2.24) is 0 Å². The minimum Gasteiger partial charge on any atom is -0.374 e. The Bertz CT molecular complexity index is 911. The van der Waals surface area contributed by atoms with E-state index < -0.39 is 6.04 Å². The summed E-state index contributed by atoms with van der Waals surface area (Å²) in [6, 6.07) is 8.88. The minimum absolute atomic E-state index is 0.0190. The quantitative estimate of drug-likeness (QED) is 0.589. The van der Waals surface area contributed by atoms with E-state index in [1.54, 1.807) is 25.1 Å². The number of nitriles is 1. The first kappa shape index (κ1) is 19.1. The van der Waals surface area contributed by atoms with Crippen LogP contribution in [-0.4, -0.2) is 17.7 Å². The molecule has 1 amide bonds. The lowest BCUT2D eigenvalue weighted by Crippen LogP contribution is -2.31. The van der Waals surface area contributed by atoms with Gasteiger partial charge in [0.05, 0.1) is 5.56 Å². The van der Waals surface area contributed by atoms with E-state index in [9.17, 15) is 14.9 Å². The lowest BCUT2D eigenvalue weighted by atomic mass is 10.1. The summed E-state index contributed by atoms with van der Waals surface area (Å²) in [7, 11) is 0. The maximum Gasteiger partial charge on any atom is 0.247 e. The molecule has 0 saturated carbocycles. The molecule has 0 radical (unpaired) electrons. The molecule has 1 atom stereocenters. The number of rotatable bonds is 5. The smallest absolute Gasteiger partial charge is 0.247 e. The van der Waals surface area contributed by atoms with Crippen LogP contribution in [0.25, 0.3) is 0 Å². The Morgan fingerprint density at radius 1 is 1.22 bits per heavy atom. The van der Waals surface area contributed by atoms with Crippen LogP contribution in [0, 0.1) is 11.3 Å². The molecule has 1 aliphatic carbocycles. The summed E-state index contributed by atoms with van der Waals surface area (Å²) >= 11 is 1.53. The molecule has 0 spiro atoms. The van der Waals surface area contributed by atoms with E-state index in [0.29, 0.717) is 21.8 Å². The van der Waals surface area contributed by atoms with E-state index in [2.05, 4.69) is 16.7 Å². The number of nitrogens with zero attached hydrogens (tertiary/aromatic N) is 1. The molecule has 1 aromatic heterocycles. The molecule has 0 saturated heterocycles. The van der Waals surface area contributed by atoms with Gasteiger partial charge in [-0.25, -0.2) is 0 Å². The number of nitrogens with one attached hydrogen (secondary N) is 2. The third-order valence-electron chi connectivity index (χ3n) is 4.82. The zero-order valence-electron chi connectivity index (χ0n) is 15.6. The van der Waals surface area contributed by atoms with Gasteiger partial charge in [-0.1, -0.05) is 18.6 Å². The number of Topliss-reactive ketones (excluding diaryl/α,β-unsaturated/α-hetero) is 1. The average Bonchev–Trinajstić information content (AvgIpc) is 2.81. The number of fused-ring (bicyclic) bond motifs is 1. The van der Waals surface area contributed by atoms with Crippen molar-refractivity contribution in [3.63, 3.8) is 0 Å². The van der Waals surface area contributed by atoms with Gasteiger partial charge in [-0.05, 0) is 57.2 Å². The molecule has 1 aliphatic rings. The Labute approximate surface area is 163 Å². The maximum atomic E-state index is 12.6. The molecule has 0 bridgehead atoms. The van der Waals surface area contributed by atoms with E-state index >= 15 is 0 Å². The van der Waals surface area contributed by atoms with Crippen LogP contribution in [0.5, 0.6) is 0 Å². The average molecular weight is 382 g/mol. The van der Waals surface area contributed by atoms with Crippen LogP contribution in [0.15, 0.2) is 24.3 Å². The Morgan fingerprint density at radius 2 is 2.00 bits per heavy atom. The number of aryl methyl sites for hydroxylation is 1. The number of ketones is 1. The predicted octanol–water partition coefficient (Wildman–Crippen LogP) is 4.53. The molecule has 0 aliphatic heterocycles. The predicted molar refractivity (Wildman–Crippen MR) is 108 cm³/mol. The van der Waals surface area contributed by atoms with Crippen LogP contribution in [-0.2, 0) is 17.6 Å². The van der Waals surface area contributed by atoms with E-state index in [4.69, 9.17) is 0 Å². The topological polar surface area (TPSA) is 82.0 Å². The third-order valence-corrected chi connectivity index (χ3v) is 6.02. The minimum atomic E-state index is -0.499. The van der Waals surface area contributed by atoms with Crippen LogP contribution >= 0.6 is 11.3 Å². The number of thiophene rings is 1. The zero-order valence-corrected chi connectivity index (χ0v) is 16.4. The summed E-state index contributed by atoms with van der Waals surface area (Å²) in [6.45, 7) is 3.28. The fourth-order valence-electron chi connectivity index (χ4n) is 3.31. The monoisotopic (exact) mass is 381 g/mol. The number of hydrogen-bond donors (Lipinski definition) is 2. The third kappa shape index (κ3) is 4.37. The standard InChI is InChI=1S/C21H23N3O2S/c1-13(23-16-8-6-7-15(11-16)14(2)25)20(26)24-21-18(12-22)17-9-4-3-5-10-19(17)27-21/h6-8,11,13,23H,3-5,9-10H2,1-2H3,(H,24,26). The molecule has 2 N–H and O–H groups in total. The fraction of sp³-hybridized carbons (Fsp3) is 0.381. The maximum absolute atomic E-state index is 12.6. The molecule has 6 heteroatoms. The first-order valence-corrected chi connectivity index (χ1v) is 10.0. The second-order valence-electron chi connectivity index (χ2n) is 6.87. The highest BCUT2D eigenvalue weighted by atomic mass is 32.1. The summed E-state index contributed by atoms with van der Waals surface area (Å²) in [5.41, 5.74) is 3.05. The highest BCUT2D eigenvalue weighted by Gasteiger charge is 2.22. The zero-order chi connectivity index (χ0) is 19.4. The normalized spacial score (nSPS) is 14.4. The van der Waals surface area contributed by atoms with Crippen LogP contribution in [0.2, 0.25) is 0 Å². The Hall–Kier alpha value is -2.65. The molecule has 2 aromatic rings. The van der Waals surface area contributed by atoms with Crippen molar-refractivity contribution >= 4 is 33.7 Å². The lowest BCUT2D eigenvalue weighted by molar-refractivity contribution is -0.116. The first-order chi connectivity index (χ1) is 13.0. The SMILES string of the molecule is CC(=O)c1cccc(NC(C)C(=O)Nc2sc3c(c2C#N)CCCCC3)c1. The Balaban J connectivity index is 1.73. The Morgan fingerprint density at radius 3 is 2.74 bits per heavy atom. The molecule has 1 unspecified atom stereocenters. The summed E-state index contributed by atoms with van der Waals surface area (Å²) in [5, 5.41) is 16.3. The molecule has 140 valence electrons. The fourth-order valence-corrected chi connectivity index (χ4v) is 4.56. The molecule has 5 nitrogen and oxygen atoms in total. The van der Waals surface area contributed by atoms with E-state index in [1.165, 1.54) is 29.6 Å². The van der Waals surface area contributed by atoms with Gasteiger partial charge in [-0.2, -0.15) is 5.26 Å². The molecular weight excluding hydrogens is 358 g/mol. The molecule has 1 aromatic carbocycles. The first-order valence-electron chi connectivity index (χ1n) is 9.22. The number of hydrogen-bond acceptors (Lipinski definition) is 5. The van der Waals surface area contributed by atoms with E-state index in [0.717, 1.165) is 31.2 Å². The summed E-state index contributed by atoms with van der Waals surface area (Å²) in [4.78, 5) is 25.4. The van der Waals surface area contributed by atoms with Crippen LogP contribution in [0.4, 0.5) is 10.7 Å². The summed E-state index contributed by atoms with van der Waals surface area (Å²) in [5.74, 6) is -0.217. The van der Waals surface area contributed by atoms with Gasteiger partial charge in [0, 0.05) is 16.1 Å². The second-order valence-corrected chi connectivity index (χ2v) is 7.98. The van der Waals surface area contributed by atoms with Crippen LogP contribution < -0.4 is 10.6 Å². The second kappa shape index (κ2) is 8.36. The van der Waals surface area contributed by atoms with Crippen molar-refractivity contribution in [2.24, 2.45) is 0 Å². The molecule has 3 rings (SSSR count). The Kier molecular flexibility index (Phi) is 5.92. The van der Waals surface area contributed by atoms with Gasteiger partial charge < -0.3 is 10.6 Å². The van der Waals surface area contributed by atoms with Crippen molar-refractivity contribution in [1.29, 1.82) is 5.26 Å². The summed E-state index contributed by atoms with van der Waals surface area (Å²) in [6.07, 6.45) is 5.31. The molecular formula is C21H23N3O2S. The van der Waals surface area contributed by atoms with Crippen LogP contribution in [0.1, 0.15) is 59.5 Å². The number of amides is 1. The highest BCUT2D eigenvalue weighted by molar-refractivity contribution is 7.16. The van der Waals surface area contributed by atoms with E-state index in [-0.39, 0.29) is 11.7 Å².